The van der Waals surface area contributed by atoms with E-state index in [0.717, 1.165) is 17.7 Å². The third-order valence-corrected chi connectivity index (χ3v) is 3.42. The molecule has 2 aromatic carbocycles. The molecule has 2 aromatic rings. The molecule has 0 fully saturated rings. The third-order valence-electron chi connectivity index (χ3n) is 3.19. The van der Waals surface area contributed by atoms with Crippen molar-refractivity contribution in [3.8, 4) is 0 Å². The first-order valence-corrected chi connectivity index (χ1v) is 7.18. The van der Waals surface area contributed by atoms with Crippen LogP contribution in [-0.2, 0) is 11.3 Å². The smallest absolute Gasteiger partial charge is 0.241 e. The van der Waals surface area contributed by atoms with Crippen LogP contribution in [0.15, 0.2) is 36.4 Å². The lowest BCUT2D eigenvalue weighted by Crippen LogP contribution is -2.37. The van der Waals surface area contributed by atoms with Crippen LogP contribution >= 0.6 is 11.6 Å². The predicted molar refractivity (Wildman–Crippen MR) is 82.7 cm³/mol. The number of halogens is 4. The standard InChI is InChI=1S/C16H14ClF3N2O/c1-9(21-8-10-3-2-4-11(17)7-10)16(23)22-13-6-5-12(18)14(19)15(13)20/h2-7,9,21H,8H2,1H3,(H,22,23)/t9-/m0/s1. The highest BCUT2D eigenvalue weighted by molar-refractivity contribution is 6.30. The number of amides is 1. The van der Waals surface area contributed by atoms with Crippen molar-refractivity contribution in [3.05, 3.63) is 64.4 Å². The second kappa shape index (κ2) is 7.48. The molecule has 7 heteroatoms. The Balaban J connectivity index is 1.96. The molecule has 0 saturated heterocycles. The zero-order valence-electron chi connectivity index (χ0n) is 12.2. The van der Waals surface area contributed by atoms with E-state index in [9.17, 15) is 18.0 Å². The van der Waals surface area contributed by atoms with E-state index in [0.29, 0.717) is 11.6 Å². The van der Waals surface area contributed by atoms with Crippen molar-refractivity contribution in [2.75, 3.05) is 5.32 Å². The summed E-state index contributed by atoms with van der Waals surface area (Å²) in [4.78, 5) is 12.0. The molecule has 0 aromatic heterocycles. The number of hydrogen-bond donors (Lipinski definition) is 2. The summed E-state index contributed by atoms with van der Waals surface area (Å²) < 4.78 is 39.5. The molecule has 0 saturated carbocycles. The van der Waals surface area contributed by atoms with Crippen LogP contribution in [0.4, 0.5) is 18.9 Å². The number of anilines is 1. The topological polar surface area (TPSA) is 41.1 Å². The van der Waals surface area contributed by atoms with E-state index in [1.54, 1.807) is 25.1 Å². The maximum atomic E-state index is 13.5. The lowest BCUT2D eigenvalue weighted by atomic mass is 10.2. The van der Waals surface area contributed by atoms with E-state index in [2.05, 4.69) is 10.6 Å². The third kappa shape index (κ3) is 4.46. The Hall–Kier alpha value is -2.05. The van der Waals surface area contributed by atoms with Crippen LogP contribution < -0.4 is 10.6 Å². The molecule has 0 heterocycles. The van der Waals surface area contributed by atoms with Crippen LogP contribution in [-0.4, -0.2) is 11.9 Å². The lowest BCUT2D eigenvalue weighted by Gasteiger charge is -2.15. The number of nitrogens with one attached hydrogen (secondary N) is 2. The Bertz CT molecular complexity index is 724. The fraction of sp³-hybridized carbons (Fsp3) is 0.188. The van der Waals surface area contributed by atoms with Crippen LogP contribution in [0.1, 0.15) is 12.5 Å². The molecule has 3 nitrogen and oxygen atoms in total. The average Bonchev–Trinajstić information content (AvgIpc) is 2.53. The van der Waals surface area contributed by atoms with Gasteiger partial charge < -0.3 is 10.6 Å². The van der Waals surface area contributed by atoms with Crippen molar-refractivity contribution in [1.82, 2.24) is 5.32 Å². The van der Waals surface area contributed by atoms with Crippen molar-refractivity contribution in [1.29, 1.82) is 0 Å². The first kappa shape index (κ1) is 17.3. The molecule has 2 N–H and O–H groups in total. The largest absolute Gasteiger partial charge is 0.322 e. The van der Waals surface area contributed by atoms with E-state index in [1.807, 2.05) is 6.07 Å². The van der Waals surface area contributed by atoms with Crippen molar-refractivity contribution >= 4 is 23.2 Å². The molecule has 122 valence electrons. The van der Waals surface area contributed by atoms with Crippen molar-refractivity contribution in [2.45, 2.75) is 19.5 Å². The highest BCUT2D eigenvalue weighted by Gasteiger charge is 2.18. The van der Waals surface area contributed by atoms with E-state index in [4.69, 9.17) is 11.6 Å². The fourth-order valence-electron chi connectivity index (χ4n) is 1.87. The van der Waals surface area contributed by atoms with Gasteiger partial charge in [-0.05, 0) is 36.8 Å². The second-order valence-corrected chi connectivity index (χ2v) is 5.38. The van der Waals surface area contributed by atoms with Gasteiger partial charge in [0, 0.05) is 11.6 Å². The van der Waals surface area contributed by atoms with Gasteiger partial charge in [-0.3, -0.25) is 4.79 Å². The Morgan fingerprint density at radius 1 is 1.17 bits per heavy atom. The summed E-state index contributed by atoms with van der Waals surface area (Å²) in [6, 6.07) is 8.12. The highest BCUT2D eigenvalue weighted by atomic mass is 35.5. The summed E-state index contributed by atoms with van der Waals surface area (Å²) in [5.74, 6) is -4.94. The Morgan fingerprint density at radius 3 is 2.61 bits per heavy atom. The van der Waals surface area contributed by atoms with Crippen LogP contribution in [0.5, 0.6) is 0 Å². The molecule has 0 aliphatic carbocycles. The lowest BCUT2D eigenvalue weighted by molar-refractivity contribution is -0.117. The molecule has 0 unspecified atom stereocenters. The van der Waals surface area contributed by atoms with Gasteiger partial charge in [-0.2, -0.15) is 0 Å². The molecule has 1 atom stereocenters. The molecular weight excluding hydrogens is 329 g/mol. The van der Waals surface area contributed by atoms with Gasteiger partial charge >= 0.3 is 0 Å². The van der Waals surface area contributed by atoms with Gasteiger partial charge in [0.15, 0.2) is 17.5 Å². The Morgan fingerprint density at radius 2 is 1.91 bits per heavy atom. The number of carbonyl (C=O) groups excluding carboxylic acids is 1. The summed E-state index contributed by atoms with van der Waals surface area (Å²) in [6.07, 6.45) is 0. The van der Waals surface area contributed by atoms with Gasteiger partial charge in [0.25, 0.3) is 0 Å². The minimum atomic E-state index is -1.62. The summed E-state index contributed by atoms with van der Waals surface area (Å²) in [5, 5.41) is 5.72. The predicted octanol–water partition coefficient (Wildman–Crippen LogP) is 3.87. The van der Waals surface area contributed by atoms with Crippen LogP contribution in [0.2, 0.25) is 5.02 Å². The maximum Gasteiger partial charge on any atom is 0.241 e. The molecule has 2 rings (SSSR count). The van der Waals surface area contributed by atoms with Crippen LogP contribution in [0.25, 0.3) is 0 Å². The van der Waals surface area contributed by atoms with Crippen molar-refractivity contribution in [2.24, 2.45) is 0 Å². The van der Waals surface area contributed by atoms with Gasteiger partial charge in [-0.15, -0.1) is 0 Å². The van der Waals surface area contributed by atoms with Gasteiger partial charge in [0.05, 0.1) is 11.7 Å². The molecule has 0 radical (unpaired) electrons. The molecular formula is C16H14ClF3N2O. The number of rotatable bonds is 5. The number of hydrogen-bond acceptors (Lipinski definition) is 2. The molecule has 0 aliphatic heterocycles. The SMILES string of the molecule is C[C@H](NCc1cccc(Cl)c1)C(=O)Nc1ccc(F)c(F)c1F. The maximum absolute atomic E-state index is 13.5. The van der Waals surface area contributed by atoms with Crippen LogP contribution in [0, 0.1) is 17.5 Å². The minimum absolute atomic E-state index is 0.370. The first-order valence-electron chi connectivity index (χ1n) is 6.80. The van der Waals surface area contributed by atoms with Crippen LogP contribution in [0.3, 0.4) is 0 Å². The summed E-state index contributed by atoms with van der Waals surface area (Å²) in [6.45, 7) is 1.94. The van der Waals surface area contributed by atoms with E-state index < -0.39 is 35.1 Å². The Labute approximate surface area is 136 Å². The quantitative estimate of drug-likeness (QED) is 0.810. The molecule has 0 spiro atoms. The second-order valence-electron chi connectivity index (χ2n) is 4.94. The van der Waals surface area contributed by atoms with Gasteiger partial charge in [0.1, 0.15) is 0 Å². The van der Waals surface area contributed by atoms with E-state index >= 15 is 0 Å². The van der Waals surface area contributed by atoms with E-state index in [1.165, 1.54) is 0 Å². The first-order chi connectivity index (χ1) is 10.9. The molecule has 23 heavy (non-hydrogen) atoms. The molecule has 0 bridgehead atoms. The van der Waals surface area contributed by atoms with Crippen molar-refractivity contribution in [3.63, 3.8) is 0 Å². The molecule has 0 aliphatic rings. The highest BCUT2D eigenvalue weighted by Crippen LogP contribution is 2.19. The Kier molecular flexibility index (Phi) is 5.63. The van der Waals surface area contributed by atoms with E-state index in [-0.39, 0.29) is 0 Å². The minimum Gasteiger partial charge on any atom is -0.322 e. The van der Waals surface area contributed by atoms with Gasteiger partial charge in [-0.25, -0.2) is 13.2 Å². The summed E-state index contributed by atoms with van der Waals surface area (Å²) in [5.41, 5.74) is 0.460. The number of carbonyl (C=O) groups is 1. The molecule has 1 amide bonds. The summed E-state index contributed by atoms with van der Waals surface area (Å²) in [7, 11) is 0. The monoisotopic (exact) mass is 342 g/mol. The average molecular weight is 343 g/mol. The summed E-state index contributed by atoms with van der Waals surface area (Å²) >= 11 is 5.86. The zero-order chi connectivity index (χ0) is 17.0. The number of benzene rings is 2. The zero-order valence-corrected chi connectivity index (χ0v) is 12.9. The van der Waals surface area contributed by atoms with Crippen molar-refractivity contribution < 1.29 is 18.0 Å². The van der Waals surface area contributed by atoms with Gasteiger partial charge in [-0.1, -0.05) is 23.7 Å². The van der Waals surface area contributed by atoms with Gasteiger partial charge in [0.2, 0.25) is 5.91 Å². The normalized spacial score (nSPS) is 12.0. The fourth-order valence-corrected chi connectivity index (χ4v) is 2.09.